The quantitative estimate of drug-likeness (QED) is 0.524. The van der Waals surface area contributed by atoms with Gasteiger partial charge in [-0.3, -0.25) is 4.57 Å². The van der Waals surface area contributed by atoms with Crippen molar-refractivity contribution < 1.29 is 14.9 Å². The maximum atomic E-state index is 11.9. The Kier molecular flexibility index (Phi) is 4.50. The summed E-state index contributed by atoms with van der Waals surface area (Å²) in [6, 6.07) is 0. The third-order valence-corrected chi connectivity index (χ3v) is 3.14. The van der Waals surface area contributed by atoms with Crippen molar-refractivity contribution in [1.82, 2.24) is 9.55 Å². The summed E-state index contributed by atoms with van der Waals surface area (Å²) in [7, 11) is 0. The third kappa shape index (κ3) is 2.88. The average molecular weight is 282 g/mol. The summed E-state index contributed by atoms with van der Waals surface area (Å²) >= 11 is 0. The van der Waals surface area contributed by atoms with E-state index in [9.17, 15) is 9.90 Å². The summed E-state index contributed by atoms with van der Waals surface area (Å²) in [5, 5.41) is 18.8. The molecule has 0 aromatic carbocycles. The van der Waals surface area contributed by atoms with Gasteiger partial charge < -0.3 is 26.4 Å². The van der Waals surface area contributed by atoms with Crippen LogP contribution in [-0.4, -0.2) is 45.1 Å². The average Bonchev–Trinajstić information content (AvgIpc) is 2.79. The first-order valence-corrected chi connectivity index (χ1v) is 6.26. The van der Waals surface area contributed by atoms with E-state index >= 15 is 0 Å². The van der Waals surface area contributed by atoms with Gasteiger partial charge in [-0.2, -0.15) is 4.98 Å². The number of rotatable bonds is 4. The Balaban J connectivity index is 2.32. The van der Waals surface area contributed by atoms with E-state index in [1.165, 1.54) is 10.8 Å². The first-order valence-electron chi connectivity index (χ1n) is 6.26. The Morgan fingerprint density at radius 2 is 2.35 bits per heavy atom. The molecule has 1 aliphatic rings. The van der Waals surface area contributed by atoms with Crippen LogP contribution in [0.4, 0.5) is 5.82 Å². The molecule has 3 atom stereocenters. The Bertz CT molecular complexity index is 557. The molecule has 0 bridgehead atoms. The molecular formula is C12H18N4O4. The lowest BCUT2D eigenvalue weighted by Crippen LogP contribution is -2.28. The van der Waals surface area contributed by atoms with E-state index in [4.69, 9.17) is 21.3 Å². The van der Waals surface area contributed by atoms with E-state index in [0.717, 1.165) is 0 Å². The first kappa shape index (κ1) is 14.7. The van der Waals surface area contributed by atoms with Gasteiger partial charge in [0.25, 0.3) is 0 Å². The molecular weight excluding hydrogens is 264 g/mol. The van der Waals surface area contributed by atoms with Crippen molar-refractivity contribution in [2.45, 2.75) is 24.9 Å². The van der Waals surface area contributed by atoms with Gasteiger partial charge >= 0.3 is 5.69 Å². The number of ether oxygens (including phenoxy) is 1. The number of nitrogens with two attached hydrogens (primary N) is 2. The number of nitrogens with zero attached hydrogens (tertiary/aromatic N) is 2. The summed E-state index contributed by atoms with van der Waals surface area (Å²) in [6.07, 6.45) is 2.86. The van der Waals surface area contributed by atoms with Gasteiger partial charge in [-0.25, -0.2) is 4.79 Å². The van der Waals surface area contributed by atoms with E-state index in [0.29, 0.717) is 12.1 Å². The Morgan fingerprint density at radius 1 is 1.60 bits per heavy atom. The van der Waals surface area contributed by atoms with Gasteiger partial charge in [0.2, 0.25) is 0 Å². The van der Waals surface area contributed by atoms with Gasteiger partial charge in [-0.1, -0.05) is 12.2 Å². The summed E-state index contributed by atoms with van der Waals surface area (Å²) in [5.74, 6) is 0.105. The third-order valence-electron chi connectivity index (χ3n) is 3.14. The fourth-order valence-corrected chi connectivity index (χ4v) is 2.08. The maximum Gasteiger partial charge on any atom is 0.351 e. The van der Waals surface area contributed by atoms with Crippen molar-refractivity contribution in [3.63, 3.8) is 0 Å². The highest BCUT2D eigenvalue weighted by molar-refractivity contribution is 5.59. The van der Waals surface area contributed by atoms with Crippen molar-refractivity contribution in [2.24, 2.45) is 5.73 Å². The molecule has 0 aliphatic carbocycles. The fourth-order valence-electron chi connectivity index (χ4n) is 2.08. The van der Waals surface area contributed by atoms with Gasteiger partial charge in [-0.15, -0.1) is 0 Å². The van der Waals surface area contributed by atoms with Gasteiger partial charge in [-0.05, 0) is 0 Å². The molecule has 2 rings (SSSR count). The fraction of sp³-hybridized carbons (Fsp3) is 0.500. The summed E-state index contributed by atoms with van der Waals surface area (Å²) < 4.78 is 6.68. The molecule has 8 heteroatoms. The Labute approximate surface area is 115 Å². The monoisotopic (exact) mass is 282 g/mol. The second kappa shape index (κ2) is 6.14. The molecule has 0 spiro atoms. The van der Waals surface area contributed by atoms with Crippen LogP contribution in [0.1, 0.15) is 18.2 Å². The van der Waals surface area contributed by atoms with Gasteiger partial charge in [0.05, 0.1) is 12.7 Å². The molecule has 6 N–H and O–H groups in total. The minimum absolute atomic E-state index is 0.105. The van der Waals surface area contributed by atoms with E-state index < -0.39 is 24.1 Å². The van der Waals surface area contributed by atoms with Crippen LogP contribution < -0.4 is 17.2 Å². The zero-order valence-electron chi connectivity index (χ0n) is 10.8. The summed E-state index contributed by atoms with van der Waals surface area (Å²) in [5.41, 5.74) is 11.0. The lowest BCUT2D eigenvalue weighted by Gasteiger charge is -2.15. The topological polar surface area (TPSA) is 137 Å². The smallest absolute Gasteiger partial charge is 0.351 e. The van der Waals surface area contributed by atoms with Crippen LogP contribution in [0.2, 0.25) is 0 Å². The molecule has 0 amide bonds. The molecule has 1 fully saturated rings. The van der Waals surface area contributed by atoms with Crippen LogP contribution in [0.25, 0.3) is 6.08 Å². The summed E-state index contributed by atoms with van der Waals surface area (Å²) in [6.45, 7) is 0.0263. The van der Waals surface area contributed by atoms with Crippen LogP contribution in [0, 0.1) is 0 Å². The zero-order valence-corrected chi connectivity index (χ0v) is 10.8. The molecule has 20 heavy (non-hydrogen) atoms. The molecule has 0 unspecified atom stereocenters. The van der Waals surface area contributed by atoms with Crippen LogP contribution in [0.3, 0.4) is 0 Å². The summed E-state index contributed by atoms with van der Waals surface area (Å²) in [4.78, 5) is 15.6. The highest BCUT2D eigenvalue weighted by Crippen LogP contribution is 2.27. The Hall–Kier alpha value is -1.74. The number of hydrogen-bond acceptors (Lipinski definition) is 7. The molecule has 0 saturated carbocycles. The van der Waals surface area contributed by atoms with Crippen molar-refractivity contribution in [3.05, 3.63) is 28.3 Å². The maximum absolute atomic E-state index is 11.9. The van der Waals surface area contributed by atoms with Crippen molar-refractivity contribution in [3.8, 4) is 0 Å². The number of nitrogen functional groups attached to an aromatic ring is 1. The van der Waals surface area contributed by atoms with E-state index in [2.05, 4.69) is 4.98 Å². The van der Waals surface area contributed by atoms with Crippen molar-refractivity contribution in [2.75, 3.05) is 18.9 Å². The van der Waals surface area contributed by atoms with Crippen molar-refractivity contribution in [1.29, 1.82) is 0 Å². The first-order chi connectivity index (χ1) is 9.56. The molecule has 110 valence electrons. The highest BCUT2D eigenvalue weighted by Gasteiger charge is 2.35. The number of aromatic nitrogens is 2. The van der Waals surface area contributed by atoms with E-state index in [1.54, 1.807) is 12.2 Å². The standard InChI is InChI=1S/C12H18N4O4/c13-3-1-2-7-5-16(12(19)15-11(7)14)10-4-8(18)9(6-17)20-10/h1-2,5,8-10,17-18H,3-4,6,13H2,(H2,14,15,19)/b2-1+/t8-,9-,10-/m1/s1. The highest BCUT2D eigenvalue weighted by atomic mass is 16.5. The van der Waals surface area contributed by atoms with Crippen LogP contribution in [0.5, 0.6) is 0 Å². The van der Waals surface area contributed by atoms with E-state index in [1.807, 2.05) is 0 Å². The SMILES string of the molecule is NC/C=C/c1cn([C@H]2C[C@@H](O)[C@@H](CO)O2)c(=O)nc1N. The molecule has 1 aromatic rings. The van der Waals surface area contributed by atoms with Crippen LogP contribution in [0.15, 0.2) is 17.1 Å². The number of hydrogen-bond donors (Lipinski definition) is 4. The predicted octanol–water partition coefficient (Wildman–Crippen LogP) is -1.56. The molecule has 8 nitrogen and oxygen atoms in total. The van der Waals surface area contributed by atoms with E-state index in [-0.39, 0.29) is 18.8 Å². The van der Waals surface area contributed by atoms with Crippen LogP contribution in [-0.2, 0) is 4.74 Å². The van der Waals surface area contributed by atoms with Crippen LogP contribution >= 0.6 is 0 Å². The zero-order chi connectivity index (χ0) is 14.7. The molecule has 2 heterocycles. The molecule has 1 aromatic heterocycles. The molecule has 0 radical (unpaired) electrons. The lowest BCUT2D eigenvalue weighted by molar-refractivity contribution is -0.0458. The minimum Gasteiger partial charge on any atom is -0.394 e. The van der Waals surface area contributed by atoms with Gasteiger partial charge in [0.15, 0.2) is 0 Å². The van der Waals surface area contributed by atoms with Crippen molar-refractivity contribution >= 4 is 11.9 Å². The molecule has 1 aliphatic heterocycles. The number of aliphatic hydroxyl groups is 2. The second-order valence-corrected chi connectivity index (χ2v) is 4.52. The minimum atomic E-state index is -0.822. The number of aliphatic hydroxyl groups excluding tert-OH is 2. The second-order valence-electron chi connectivity index (χ2n) is 4.52. The normalized spacial score (nSPS) is 26.4. The largest absolute Gasteiger partial charge is 0.394 e. The predicted molar refractivity (Wildman–Crippen MR) is 72.6 cm³/mol. The Morgan fingerprint density at radius 3 is 2.95 bits per heavy atom. The van der Waals surface area contributed by atoms with Gasteiger partial charge in [0.1, 0.15) is 18.1 Å². The number of anilines is 1. The van der Waals surface area contributed by atoms with Gasteiger partial charge in [0, 0.05) is 24.7 Å². The molecule has 1 saturated heterocycles. The lowest BCUT2D eigenvalue weighted by atomic mass is 10.2.